The Morgan fingerprint density at radius 1 is 1.40 bits per heavy atom. The minimum atomic E-state index is 0.160. The number of nitrogens with one attached hydrogen (secondary N) is 1. The highest BCUT2D eigenvalue weighted by atomic mass is 32.1. The van der Waals surface area contributed by atoms with E-state index in [1.165, 1.54) is 0 Å². The molecule has 0 atom stereocenters. The first-order valence-corrected chi connectivity index (χ1v) is 5.19. The highest BCUT2D eigenvalue weighted by Gasteiger charge is 2.03. The maximum Gasteiger partial charge on any atom is 0.143 e. The molecule has 0 saturated carbocycles. The van der Waals surface area contributed by atoms with Crippen LogP contribution < -0.4 is 5.32 Å². The van der Waals surface area contributed by atoms with Gasteiger partial charge < -0.3 is 10.4 Å². The van der Waals surface area contributed by atoms with Crippen molar-refractivity contribution in [3.05, 3.63) is 30.1 Å². The largest absolute Gasteiger partial charge is 0.506 e. The summed E-state index contributed by atoms with van der Waals surface area (Å²) in [4.78, 5) is 8.51. The molecule has 2 aromatic rings. The number of hydrogen-bond donors (Lipinski definition) is 3. The first-order valence-electron chi connectivity index (χ1n) is 4.56. The van der Waals surface area contributed by atoms with Crippen LogP contribution in [-0.2, 0) is 6.54 Å². The van der Waals surface area contributed by atoms with E-state index in [0.29, 0.717) is 23.5 Å². The predicted octanol–water partition coefficient (Wildman–Crippen LogP) is 1.31. The number of nitrogens with zero attached hydrogens (tertiary/aromatic N) is 2. The number of para-hydroxylation sites is 1. The van der Waals surface area contributed by atoms with Gasteiger partial charge in [-0.05, 0) is 12.1 Å². The first kappa shape index (κ1) is 10.2. The predicted molar refractivity (Wildman–Crippen MR) is 61.9 cm³/mol. The van der Waals surface area contributed by atoms with E-state index in [1.54, 1.807) is 18.3 Å². The molecule has 78 valence electrons. The van der Waals surface area contributed by atoms with Crippen molar-refractivity contribution in [3.63, 3.8) is 0 Å². The van der Waals surface area contributed by atoms with E-state index in [1.807, 2.05) is 6.07 Å². The van der Waals surface area contributed by atoms with Gasteiger partial charge in [0.2, 0.25) is 0 Å². The minimum absolute atomic E-state index is 0.160. The lowest BCUT2D eigenvalue weighted by molar-refractivity contribution is 0.480. The molecule has 15 heavy (non-hydrogen) atoms. The summed E-state index contributed by atoms with van der Waals surface area (Å²) in [6, 6.07) is 5.17. The van der Waals surface area contributed by atoms with Crippen LogP contribution in [0.25, 0.3) is 11.0 Å². The van der Waals surface area contributed by atoms with Crippen LogP contribution in [0.15, 0.2) is 24.4 Å². The van der Waals surface area contributed by atoms with Gasteiger partial charge in [-0.1, -0.05) is 6.07 Å². The van der Waals surface area contributed by atoms with E-state index >= 15 is 0 Å². The second-order valence-electron chi connectivity index (χ2n) is 3.09. The summed E-state index contributed by atoms with van der Waals surface area (Å²) in [6.45, 7) is 0.598. The summed E-state index contributed by atoms with van der Waals surface area (Å²) >= 11 is 4.04. The molecule has 0 amide bonds. The molecule has 0 aliphatic carbocycles. The van der Waals surface area contributed by atoms with Gasteiger partial charge in [0.05, 0.1) is 17.4 Å². The lowest BCUT2D eigenvalue weighted by Gasteiger charge is -2.03. The highest BCUT2D eigenvalue weighted by molar-refractivity contribution is 7.80. The van der Waals surface area contributed by atoms with Crippen LogP contribution in [0.1, 0.15) is 5.69 Å². The normalized spacial score (nSPS) is 10.7. The molecule has 2 N–H and O–H groups in total. The molecular formula is C10H11N3OS. The Kier molecular flexibility index (Phi) is 3.03. The van der Waals surface area contributed by atoms with E-state index in [2.05, 4.69) is 27.9 Å². The molecular weight excluding hydrogens is 210 g/mol. The molecule has 1 aromatic heterocycles. The number of phenolic OH excluding ortho intramolecular Hbond substituents is 1. The summed E-state index contributed by atoms with van der Waals surface area (Å²) < 4.78 is 0. The van der Waals surface area contributed by atoms with Crippen molar-refractivity contribution in [2.75, 3.05) is 5.88 Å². The molecule has 2 rings (SSSR count). The van der Waals surface area contributed by atoms with E-state index in [0.717, 1.165) is 5.69 Å². The smallest absolute Gasteiger partial charge is 0.143 e. The van der Waals surface area contributed by atoms with Gasteiger partial charge in [0, 0.05) is 12.4 Å². The van der Waals surface area contributed by atoms with Crippen LogP contribution in [0.4, 0.5) is 0 Å². The molecule has 4 nitrogen and oxygen atoms in total. The third kappa shape index (κ3) is 2.19. The number of benzene rings is 1. The van der Waals surface area contributed by atoms with Gasteiger partial charge in [0.15, 0.2) is 0 Å². The Morgan fingerprint density at radius 3 is 3.07 bits per heavy atom. The van der Waals surface area contributed by atoms with Crippen LogP contribution in [0.5, 0.6) is 5.75 Å². The third-order valence-electron chi connectivity index (χ3n) is 2.02. The maximum absolute atomic E-state index is 9.58. The maximum atomic E-state index is 9.58. The van der Waals surface area contributed by atoms with Gasteiger partial charge in [-0.25, -0.2) is 4.98 Å². The number of hydrogen-bond acceptors (Lipinski definition) is 5. The van der Waals surface area contributed by atoms with Crippen LogP contribution in [-0.4, -0.2) is 21.0 Å². The van der Waals surface area contributed by atoms with Crippen LogP contribution >= 0.6 is 12.6 Å². The van der Waals surface area contributed by atoms with Crippen molar-refractivity contribution >= 4 is 23.7 Å². The summed E-state index contributed by atoms with van der Waals surface area (Å²) in [6.07, 6.45) is 1.69. The van der Waals surface area contributed by atoms with E-state index in [9.17, 15) is 5.11 Å². The molecule has 0 fully saturated rings. The molecule has 0 unspecified atom stereocenters. The van der Waals surface area contributed by atoms with Crippen LogP contribution in [0.2, 0.25) is 0 Å². The van der Waals surface area contributed by atoms with Gasteiger partial charge in [-0.3, -0.25) is 4.98 Å². The molecule has 1 heterocycles. The molecule has 0 aliphatic heterocycles. The molecule has 0 bridgehead atoms. The van der Waals surface area contributed by atoms with Crippen molar-refractivity contribution in [1.82, 2.24) is 15.3 Å². The summed E-state index contributed by atoms with van der Waals surface area (Å²) in [5, 5.41) is 12.6. The summed E-state index contributed by atoms with van der Waals surface area (Å²) in [5.41, 5.74) is 2.03. The fraction of sp³-hybridized carbons (Fsp3) is 0.200. The molecule has 5 heteroatoms. The average Bonchev–Trinajstić information content (AvgIpc) is 2.27. The van der Waals surface area contributed by atoms with Crippen molar-refractivity contribution in [2.24, 2.45) is 0 Å². The molecule has 0 saturated heterocycles. The van der Waals surface area contributed by atoms with Gasteiger partial charge in [0.25, 0.3) is 0 Å². The van der Waals surface area contributed by atoms with Crippen molar-refractivity contribution in [2.45, 2.75) is 6.54 Å². The SMILES string of the molecule is Oc1cccc2ncc(CNCS)nc12. The number of rotatable bonds is 3. The van der Waals surface area contributed by atoms with Gasteiger partial charge in [-0.2, -0.15) is 12.6 Å². The van der Waals surface area contributed by atoms with Crippen molar-refractivity contribution in [1.29, 1.82) is 0 Å². The van der Waals surface area contributed by atoms with E-state index < -0.39 is 0 Å². The topological polar surface area (TPSA) is 58.0 Å². The van der Waals surface area contributed by atoms with E-state index in [4.69, 9.17) is 0 Å². The molecule has 0 spiro atoms. The number of thiol groups is 1. The van der Waals surface area contributed by atoms with Gasteiger partial charge in [-0.15, -0.1) is 0 Å². The number of fused-ring (bicyclic) bond motifs is 1. The Hall–Kier alpha value is -1.33. The Morgan fingerprint density at radius 2 is 2.27 bits per heavy atom. The fourth-order valence-electron chi connectivity index (χ4n) is 1.32. The minimum Gasteiger partial charge on any atom is -0.506 e. The number of aromatic nitrogens is 2. The Bertz CT molecular complexity index is 475. The monoisotopic (exact) mass is 221 g/mol. The third-order valence-corrected chi connectivity index (χ3v) is 2.24. The van der Waals surface area contributed by atoms with Crippen LogP contribution in [0.3, 0.4) is 0 Å². The standard InChI is InChI=1S/C10H11N3OS/c14-9-3-1-2-8-10(9)13-7(5-12-8)4-11-6-15/h1-3,5,11,14-15H,4,6H2. The van der Waals surface area contributed by atoms with Crippen LogP contribution in [0, 0.1) is 0 Å². The Labute approximate surface area is 92.8 Å². The Balaban J connectivity index is 2.41. The lowest BCUT2D eigenvalue weighted by Crippen LogP contribution is -2.11. The first-order chi connectivity index (χ1) is 7.31. The summed E-state index contributed by atoms with van der Waals surface area (Å²) in [7, 11) is 0. The number of aromatic hydroxyl groups is 1. The zero-order valence-electron chi connectivity index (χ0n) is 8.01. The average molecular weight is 221 g/mol. The highest BCUT2D eigenvalue weighted by Crippen LogP contribution is 2.20. The molecule has 1 aromatic carbocycles. The van der Waals surface area contributed by atoms with Gasteiger partial charge in [0.1, 0.15) is 11.3 Å². The quantitative estimate of drug-likeness (QED) is 0.540. The second kappa shape index (κ2) is 4.46. The van der Waals surface area contributed by atoms with Crippen molar-refractivity contribution < 1.29 is 5.11 Å². The zero-order valence-corrected chi connectivity index (χ0v) is 8.91. The molecule has 0 radical (unpaired) electrons. The van der Waals surface area contributed by atoms with E-state index in [-0.39, 0.29) is 5.75 Å². The lowest BCUT2D eigenvalue weighted by atomic mass is 10.2. The number of phenols is 1. The van der Waals surface area contributed by atoms with Crippen molar-refractivity contribution in [3.8, 4) is 5.75 Å². The fourth-order valence-corrected chi connectivity index (χ4v) is 1.44. The van der Waals surface area contributed by atoms with Gasteiger partial charge >= 0.3 is 0 Å². The second-order valence-corrected chi connectivity index (χ2v) is 3.41. The summed E-state index contributed by atoms with van der Waals surface area (Å²) in [5.74, 6) is 0.744. The molecule has 0 aliphatic rings. The zero-order chi connectivity index (χ0) is 10.7.